The maximum Gasteiger partial charge on any atom is 0.259 e. The van der Waals surface area contributed by atoms with Crippen LogP contribution in [0.2, 0.25) is 0 Å². The van der Waals surface area contributed by atoms with E-state index in [1.165, 1.54) is 0 Å². The Kier molecular flexibility index (Phi) is 6.01. The number of fused-ring (bicyclic) bond motifs is 1. The van der Waals surface area contributed by atoms with E-state index in [0.717, 1.165) is 29.3 Å². The Morgan fingerprint density at radius 1 is 1.26 bits per heavy atom. The van der Waals surface area contributed by atoms with E-state index in [4.69, 9.17) is 4.52 Å². The van der Waals surface area contributed by atoms with Crippen LogP contribution in [0, 0.1) is 6.92 Å². The third kappa shape index (κ3) is 4.81. The largest absolute Gasteiger partial charge is 0.356 e. The summed E-state index contributed by atoms with van der Waals surface area (Å²) in [5.74, 6) is 0.724. The average molecular weight is 368 g/mol. The second-order valence-corrected chi connectivity index (χ2v) is 6.67. The molecule has 0 saturated carbocycles. The number of hydrogen-bond acceptors (Lipinski definition) is 5. The van der Waals surface area contributed by atoms with Crippen LogP contribution in [0.3, 0.4) is 0 Å². The number of H-pyrrole nitrogens is 1. The smallest absolute Gasteiger partial charge is 0.259 e. The van der Waals surface area contributed by atoms with Gasteiger partial charge in [-0.3, -0.25) is 9.59 Å². The molecule has 142 valence electrons. The van der Waals surface area contributed by atoms with Gasteiger partial charge >= 0.3 is 0 Å². The fraction of sp³-hybridized carbons (Fsp3) is 0.400. The second kappa shape index (κ2) is 8.62. The fourth-order valence-corrected chi connectivity index (χ4v) is 2.85. The molecule has 0 aliphatic carbocycles. The van der Waals surface area contributed by atoms with Gasteiger partial charge in [0.15, 0.2) is 0 Å². The first-order chi connectivity index (χ1) is 13.1. The molecule has 1 amide bonds. The van der Waals surface area contributed by atoms with Crippen LogP contribution in [0.5, 0.6) is 0 Å². The van der Waals surface area contributed by atoms with Gasteiger partial charge in [-0.1, -0.05) is 30.1 Å². The molecule has 2 heterocycles. The van der Waals surface area contributed by atoms with Crippen molar-refractivity contribution in [1.29, 1.82) is 0 Å². The van der Waals surface area contributed by atoms with Crippen LogP contribution in [0.25, 0.3) is 22.3 Å². The van der Waals surface area contributed by atoms with Gasteiger partial charge in [0.2, 0.25) is 17.6 Å². The number of nitrogens with one attached hydrogen (secondary N) is 2. The monoisotopic (exact) mass is 368 g/mol. The number of pyridine rings is 1. The van der Waals surface area contributed by atoms with E-state index >= 15 is 0 Å². The molecule has 0 aliphatic rings. The summed E-state index contributed by atoms with van der Waals surface area (Å²) in [6, 6.07) is 7.59. The summed E-state index contributed by atoms with van der Waals surface area (Å²) in [7, 11) is 0. The molecule has 27 heavy (non-hydrogen) atoms. The van der Waals surface area contributed by atoms with Gasteiger partial charge in [-0.15, -0.1) is 0 Å². The van der Waals surface area contributed by atoms with E-state index in [1.807, 2.05) is 25.1 Å². The van der Waals surface area contributed by atoms with Crippen molar-refractivity contribution in [2.45, 2.75) is 46.0 Å². The lowest BCUT2D eigenvalue weighted by molar-refractivity contribution is -0.121. The lowest BCUT2D eigenvalue weighted by Crippen LogP contribution is -2.24. The molecule has 0 atom stereocenters. The number of carbonyl (C=O) groups is 1. The predicted molar refractivity (Wildman–Crippen MR) is 103 cm³/mol. The fourth-order valence-electron chi connectivity index (χ4n) is 2.85. The van der Waals surface area contributed by atoms with Gasteiger partial charge in [-0.05, 0) is 43.4 Å². The van der Waals surface area contributed by atoms with Crippen molar-refractivity contribution < 1.29 is 9.32 Å². The molecular weight excluding hydrogens is 344 g/mol. The van der Waals surface area contributed by atoms with Gasteiger partial charge in [0.1, 0.15) is 0 Å². The standard InChI is InChI=1S/C20H24N4O3/c1-3-4-10-21-17(25)6-5-7-18-23-19(24-27-18)15-12-14-11-13(2)8-9-16(14)22-20(15)26/h8-9,11-12H,3-7,10H2,1-2H3,(H,21,25)(H,22,26). The van der Waals surface area contributed by atoms with Gasteiger partial charge in [0, 0.05) is 24.9 Å². The van der Waals surface area contributed by atoms with Crippen molar-refractivity contribution in [3.63, 3.8) is 0 Å². The number of aryl methyl sites for hydroxylation is 2. The van der Waals surface area contributed by atoms with E-state index < -0.39 is 0 Å². The zero-order chi connectivity index (χ0) is 19.2. The first kappa shape index (κ1) is 18.8. The van der Waals surface area contributed by atoms with Gasteiger partial charge in [0.05, 0.1) is 5.56 Å². The number of benzene rings is 1. The predicted octanol–water partition coefficient (Wildman–Crippen LogP) is 3.13. The zero-order valence-corrected chi connectivity index (χ0v) is 15.7. The molecule has 0 fully saturated rings. The Hall–Kier alpha value is -2.96. The number of amides is 1. The molecule has 0 saturated heterocycles. The van der Waals surface area contributed by atoms with Crippen LogP contribution in [-0.2, 0) is 11.2 Å². The lowest BCUT2D eigenvalue weighted by atomic mass is 10.1. The minimum Gasteiger partial charge on any atom is -0.356 e. The van der Waals surface area contributed by atoms with Crippen molar-refractivity contribution in [3.05, 3.63) is 46.1 Å². The Balaban J connectivity index is 1.65. The minimum atomic E-state index is -0.256. The number of hydrogen-bond donors (Lipinski definition) is 2. The number of nitrogens with zero attached hydrogens (tertiary/aromatic N) is 2. The number of rotatable bonds is 8. The highest BCUT2D eigenvalue weighted by atomic mass is 16.5. The van der Waals surface area contributed by atoms with Gasteiger partial charge in [0.25, 0.3) is 5.56 Å². The van der Waals surface area contributed by atoms with Gasteiger partial charge in [-0.2, -0.15) is 4.98 Å². The minimum absolute atomic E-state index is 0.0320. The van der Waals surface area contributed by atoms with Crippen LogP contribution in [-0.4, -0.2) is 27.6 Å². The third-order valence-corrected chi connectivity index (χ3v) is 4.36. The van der Waals surface area contributed by atoms with Gasteiger partial charge < -0.3 is 14.8 Å². The summed E-state index contributed by atoms with van der Waals surface area (Å²) in [4.78, 5) is 31.2. The highest BCUT2D eigenvalue weighted by Gasteiger charge is 2.13. The number of aromatic amines is 1. The zero-order valence-electron chi connectivity index (χ0n) is 15.7. The van der Waals surface area contributed by atoms with E-state index in [0.29, 0.717) is 37.3 Å². The Bertz CT molecular complexity index is 990. The first-order valence-electron chi connectivity index (χ1n) is 9.30. The lowest BCUT2D eigenvalue weighted by Gasteiger charge is -2.02. The molecule has 2 N–H and O–H groups in total. The van der Waals surface area contributed by atoms with Crippen molar-refractivity contribution in [3.8, 4) is 11.4 Å². The maximum atomic E-state index is 12.3. The van der Waals surface area contributed by atoms with Crippen molar-refractivity contribution >= 4 is 16.8 Å². The summed E-state index contributed by atoms with van der Waals surface area (Å²) < 4.78 is 5.24. The molecule has 7 heteroatoms. The van der Waals surface area contributed by atoms with E-state index in [9.17, 15) is 9.59 Å². The van der Waals surface area contributed by atoms with Crippen LogP contribution >= 0.6 is 0 Å². The molecule has 7 nitrogen and oxygen atoms in total. The van der Waals surface area contributed by atoms with Crippen LogP contribution in [0.15, 0.2) is 33.6 Å². The molecule has 0 bridgehead atoms. The van der Waals surface area contributed by atoms with Crippen LogP contribution < -0.4 is 10.9 Å². The van der Waals surface area contributed by atoms with Crippen LogP contribution in [0.4, 0.5) is 0 Å². The van der Waals surface area contributed by atoms with E-state index in [2.05, 4.69) is 27.4 Å². The molecule has 2 aromatic heterocycles. The van der Waals surface area contributed by atoms with E-state index in [-0.39, 0.29) is 17.3 Å². The highest BCUT2D eigenvalue weighted by molar-refractivity contribution is 5.82. The molecular formula is C20H24N4O3. The van der Waals surface area contributed by atoms with E-state index in [1.54, 1.807) is 6.07 Å². The molecule has 0 unspecified atom stereocenters. The maximum absolute atomic E-state index is 12.3. The van der Waals surface area contributed by atoms with Gasteiger partial charge in [-0.25, -0.2) is 0 Å². The van der Waals surface area contributed by atoms with Crippen molar-refractivity contribution in [2.24, 2.45) is 0 Å². The Morgan fingerprint density at radius 3 is 2.93 bits per heavy atom. The Morgan fingerprint density at radius 2 is 2.11 bits per heavy atom. The summed E-state index contributed by atoms with van der Waals surface area (Å²) in [5, 5.41) is 7.72. The quantitative estimate of drug-likeness (QED) is 0.595. The third-order valence-electron chi connectivity index (χ3n) is 4.36. The molecule has 3 rings (SSSR count). The summed E-state index contributed by atoms with van der Waals surface area (Å²) >= 11 is 0. The average Bonchev–Trinajstić information content (AvgIpc) is 3.10. The summed E-state index contributed by atoms with van der Waals surface area (Å²) in [6.07, 6.45) is 3.57. The number of carbonyl (C=O) groups excluding carboxylic acids is 1. The second-order valence-electron chi connectivity index (χ2n) is 6.67. The highest BCUT2D eigenvalue weighted by Crippen LogP contribution is 2.19. The Labute approximate surface area is 157 Å². The summed E-state index contributed by atoms with van der Waals surface area (Å²) in [6.45, 7) is 4.79. The normalized spacial score (nSPS) is 11.0. The molecule has 0 radical (unpaired) electrons. The number of unbranched alkanes of at least 4 members (excludes halogenated alkanes) is 1. The van der Waals surface area contributed by atoms with Crippen molar-refractivity contribution in [1.82, 2.24) is 20.4 Å². The SMILES string of the molecule is CCCCNC(=O)CCCc1nc(-c2cc3cc(C)ccc3[nH]c2=O)no1. The summed E-state index contributed by atoms with van der Waals surface area (Å²) in [5.41, 5.74) is 1.99. The van der Waals surface area contributed by atoms with Crippen molar-refractivity contribution in [2.75, 3.05) is 6.54 Å². The topological polar surface area (TPSA) is 101 Å². The molecule has 1 aromatic carbocycles. The number of aromatic nitrogens is 3. The molecule has 0 aliphatic heterocycles. The van der Waals surface area contributed by atoms with Crippen LogP contribution in [0.1, 0.15) is 44.1 Å². The first-order valence-corrected chi connectivity index (χ1v) is 9.30. The molecule has 3 aromatic rings. The molecule has 0 spiro atoms.